The third-order valence-corrected chi connectivity index (χ3v) is 2.19. The second-order valence-electron chi connectivity index (χ2n) is 3.86. The molecule has 17 heavy (non-hydrogen) atoms. The van der Waals surface area contributed by atoms with Crippen molar-refractivity contribution in [3.8, 4) is 0 Å². The summed E-state index contributed by atoms with van der Waals surface area (Å²) in [6.45, 7) is 3.63. The van der Waals surface area contributed by atoms with Crippen LogP contribution in [0.3, 0.4) is 0 Å². The van der Waals surface area contributed by atoms with Crippen molar-refractivity contribution in [2.75, 3.05) is 0 Å². The standard InChI is InChI=1S/C11H16N4O2/c1-7-3-4-9(6-13-7)11(16)14-8(2)5-10(12)15-17/h3-4,6,8,17H,5H2,1-2H3,(H2,12,15)(H,14,16). The molecule has 0 aliphatic heterocycles. The van der Waals surface area contributed by atoms with Crippen LogP contribution in [0.1, 0.15) is 29.4 Å². The first-order valence-corrected chi connectivity index (χ1v) is 5.23. The molecule has 1 aromatic rings. The Balaban J connectivity index is 2.57. The molecule has 0 radical (unpaired) electrons. The Bertz CT molecular complexity index is 414. The van der Waals surface area contributed by atoms with E-state index in [4.69, 9.17) is 10.9 Å². The predicted molar refractivity (Wildman–Crippen MR) is 63.9 cm³/mol. The summed E-state index contributed by atoms with van der Waals surface area (Å²) < 4.78 is 0. The van der Waals surface area contributed by atoms with E-state index < -0.39 is 0 Å². The molecular formula is C11H16N4O2. The lowest BCUT2D eigenvalue weighted by Gasteiger charge is -2.12. The van der Waals surface area contributed by atoms with Crippen molar-refractivity contribution in [3.63, 3.8) is 0 Å². The number of nitrogens with one attached hydrogen (secondary N) is 1. The fourth-order valence-corrected chi connectivity index (χ4v) is 1.31. The molecule has 0 spiro atoms. The molecule has 0 aliphatic carbocycles. The minimum Gasteiger partial charge on any atom is -0.409 e. The van der Waals surface area contributed by atoms with Crippen LogP contribution < -0.4 is 11.1 Å². The highest BCUT2D eigenvalue weighted by Crippen LogP contribution is 2.00. The first-order valence-electron chi connectivity index (χ1n) is 5.23. The zero-order valence-corrected chi connectivity index (χ0v) is 9.84. The molecule has 0 aliphatic rings. The molecule has 6 heteroatoms. The molecule has 1 atom stereocenters. The van der Waals surface area contributed by atoms with E-state index in [2.05, 4.69) is 15.5 Å². The minimum atomic E-state index is -0.226. The maximum Gasteiger partial charge on any atom is 0.253 e. The maximum absolute atomic E-state index is 11.7. The number of carbonyl (C=O) groups excluding carboxylic acids is 1. The molecule has 1 aromatic heterocycles. The first kappa shape index (κ1) is 13.0. The van der Waals surface area contributed by atoms with E-state index in [1.807, 2.05) is 6.92 Å². The van der Waals surface area contributed by atoms with E-state index in [1.54, 1.807) is 19.1 Å². The summed E-state index contributed by atoms with van der Waals surface area (Å²) in [7, 11) is 0. The van der Waals surface area contributed by atoms with E-state index in [-0.39, 0.29) is 17.8 Å². The van der Waals surface area contributed by atoms with Gasteiger partial charge in [0.15, 0.2) is 0 Å². The van der Waals surface area contributed by atoms with Crippen molar-refractivity contribution in [2.45, 2.75) is 26.3 Å². The van der Waals surface area contributed by atoms with Crippen LogP contribution in [0, 0.1) is 6.92 Å². The highest BCUT2D eigenvalue weighted by molar-refractivity contribution is 5.94. The van der Waals surface area contributed by atoms with Gasteiger partial charge in [-0.25, -0.2) is 0 Å². The number of nitrogens with zero attached hydrogens (tertiary/aromatic N) is 2. The van der Waals surface area contributed by atoms with Gasteiger partial charge >= 0.3 is 0 Å². The summed E-state index contributed by atoms with van der Waals surface area (Å²) in [4.78, 5) is 15.8. The average molecular weight is 236 g/mol. The number of hydrogen-bond donors (Lipinski definition) is 3. The molecule has 1 amide bonds. The number of pyridine rings is 1. The number of aryl methyl sites for hydroxylation is 1. The molecule has 0 saturated heterocycles. The predicted octanol–water partition coefficient (Wildman–Crippen LogP) is 0.645. The van der Waals surface area contributed by atoms with Crippen molar-refractivity contribution >= 4 is 11.7 Å². The molecule has 92 valence electrons. The minimum absolute atomic E-state index is 0.0832. The largest absolute Gasteiger partial charge is 0.409 e. The molecule has 0 fully saturated rings. The number of aromatic nitrogens is 1. The van der Waals surface area contributed by atoms with Gasteiger partial charge in [-0.1, -0.05) is 5.16 Å². The second kappa shape index (κ2) is 5.83. The van der Waals surface area contributed by atoms with Gasteiger partial charge < -0.3 is 16.3 Å². The van der Waals surface area contributed by atoms with Gasteiger partial charge in [-0.3, -0.25) is 9.78 Å². The van der Waals surface area contributed by atoms with Crippen molar-refractivity contribution < 1.29 is 10.0 Å². The number of carbonyl (C=O) groups is 1. The Hall–Kier alpha value is -2.11. The van der Waals surface area contributed by atoms with Crippen molar-refractivity contribution in [2.24, 2.45) is 10.9 Å². The summed E-state index contributed by atoms with van der Waals surface area (Å²) in [6.07, 6.45) is 1.81. The first-order chi connectivity index (χ1) is 8.02. The number of amidine groups is 1. The monoisotopic (exact) mass is 236 g/mol. The molecule has 1 heterocycles. The van der Waals surface area contributed by atoms with E-state index >= 15 is 0 Å². The number of hydrogen-bond acceptors (Lipinski definition) is 4. The van der Waals surface area contributed by atoms with E-state index in [0.717, 1.165) is 5.69 Å². The normalized spacial score (nSPS) is 13.2. The van der Waals surface area contributed by atoms with Crippen LogP contribution in [0.2, 0.25) is 0 Å². The van der Waals surface area contributed by atoms with Gasteiger partial charge in [0.05, 0.1) is 5.56 Å². The zero-order valence-electron chi connectivity index (χ0n) is 9.84. The summed E-state index contributed by atoms with van der Waals surface area (Å²) in [5.41, 5.74) is 6.69. The van der Waals surface area contributed by atoms with Crippen LogP contribution in [0.15, 0.2) is 23.5 Å². The van der Waals surface area contributed by atoms with Gasteiger partial charge in [0.25, 0.3) is 5.91 Å². The molecule has 0 bridgehead atoms. The lowest BCUT2D eigenvalue weighted by atomic mass is 10.2. The second-order valence-corrected chi connectivity index (χ2v) is 3.86. The van der Waals surface area contributed by atoms with Crippen LogP contribution in [0.4, 0.5) is 0 Å². The molecule has 1 unspecified atom stereocenters. The van der Waals surface area contributed by atoms with Gasteiger partial charge in [-0.15, -0.1) is 0 Å². The third-order valence-electron chi connectivity index (χ3n) is 2.19. The highest BCUT2D eigenvalue weighted by Gasteiger charge is 2.11. The molecule has 6 nitrogen and oxygen atoms in total. The molecule has 4 N–H and O–H groups in total. The Morgan fingerprint density at radius 1 is 1.65 bits per heavy atom. The third kappa shape index (κ3) is 4.10. The number of amides is 1. The average Bonchev–Trinajstić information content (AvgIpc) is 2.29. The van der Waals surface area contributed by atoms with Crippen LogP contribution in [0.5, 0.6) is 0 Å². The van der Waals surface area contributed by atoms with Gasteiger partial charge in [0.1, 0.15) is 5.84 Å². The fourth-order valence-electron chi connectivity index (χ4n) is 1.31. The lowest BCUT2D eigenvalue weighted by molar-refractivity contribution is 0.0940. The van der Waals surface area contributed by atoms with E-state index in [9.17, 15) is 4.79 Å². The van der Waals surface area contributed by atoms with E-state index in [0.29, 0.717) is 12.0 Å². The molecule has 0 aromatic carbocycles. The van der Waals surface area contributed by atoms with Crippen LogP contribution in [0.25, 0.3) is 0 Å². The smallest absolute Gasteiger partial charge is 0.253 e. The van der Waals surface area contributed by atoms with Crippen LogP contribution in [-0.4, -0.2) is 28.0 Å². The van der Waals surface area contributed by atoms with Crippen LogP contribution >= 0.6 is 0 Å². The molecule has 1 rings (SSSR count). The van der Waals surface area contributed by atoms with Gasteiger partial charge in [0.2, 0.25) is 0 Å². The SMILES string of the molecule is Cc1ccc(C(=O)NC(C)CC(N)=NO)cn1. The van der Waals surface area contributed by atoms with Crippen molar-refractivity contribution in [1.29, 1.82) is 0 Å². The number of oxime groups is 1. The summed E-state index contributed by atoms with van der Waals surface area (Å²) in [5, 5.41) is 14.0. The Kier molecular flexibility index (Phi) is 4.45. The van der Waals surface area contributed by atoms with Crippen LogP contribution in [-0.2, 0) is 0 Å². The van der Waals surface area contributed by atoms with Crippen molar-refractivity contribution in [1.82, 2.24) is 10.3 Å². The topological polar surface area (TPSA) is 101 Å². The number of nitrogens with two attached hydrogens (primary N) is 1. The Morgan fingerprint density at radius 3 is 2.88 bits per heavy atom. The summed E-state index contributed by atoms with van der Waals surface area (Å²) in [5.74, 6) is -0.143. The van der Waals surface area contributed by atoms with Gasteiger partial charge in [-0.05, 0) is 26.0 Å². The fraction of sp³-hybridized carbons (Fsp3) is 0.364. The zero-order chi connectivity index (χ0) is 12.8. The Labute approximate surface area is 99.5 Å². The van der Waals surface area contributed by atoms with E-state index in [1.165, 1.54) is 6.20 Å². The lowest BCUT2D eigenvalue weighted by Crippen LogP contribution is -2.35. The van der Waals surface area contributed by atoms with Crippen molar-refractivity contribution in [3.05, 3.63) is 29.6 Å². The number of rotatable bonds is 4. The molecular weight excluding hydrogens is 220 g/mol. The summed E-state index contributed by atoms with van der Waals surface area (Å²) >= 11 is 0. The quantitative estimate of drug-likeness (QED) is 0.309. The van der Waals surface area contributed by atoms with Gasteiger partial charge in [0, 0.05) is 24.4 Å². The summed E-state index contributed by atoms with van der Waals surface area (Å²) in [6, 6.07) is 3.26. The van der Waals surface area contributed by atoms with Gasteiger partial charge in [-0.2, -0.15) is 0 Å². The Morgan fingerprint density at radius 2 is 2.35 bits per heavy atom. The molecule has 0 saturated carbocycles. The maximum atomic E-state index is 11.7. The highest BCUT2D eigenvalue weighted by atomic mass is 16.4.